The first-order valence-electron chi connectivity index (χ1n) is 11.0. The molecule has 8 heteroatoms. The van der Waals surface area contributed by atoms with E-state index in [0.29, 0.717) is 23.3 Å². The van der Waals surface area contributed by atoms with Gasteiger partial charge in [-0.25, -0.2) is 9.97 Å². The molecule has 4 heterocycles. The molecular formula is C24H28N8. The maximum Gasteiger partial charge on any atom is 0.228 e. The summed E-state index contributed by atoms with van der Waals surface area (Å²) in [6.45, 7) is 7.74. The standard InChI is InChI=1S/C24H28N8/c1-16(2)17-7-9-18(10-8-17)21-20-22(25)30(3)29-23(20)28-24(27-21)32-14-12-31(13-15-32)19-6-4-5-11-26-19/h4-11,16H,12-15,25H2,1-3H3. The van der Waals surface area contributed by atoms with Gasteiger partial charge in [0.2, 0.25) is 5.95 Å². The van der Waals surface area contributed by atoms with Crippen LogP contribution >= 0.6 is 0 Å². The van der Waals surface area contributed by atoms with Crippen LogP contribution in [0.15, 0.2) is 48.7 Å². The van der Waals surface area contributed by atoms with Crippen molar-refractivity contribution in [2.45, 2.75) is 19.8 Å². The van der Waals surface area contributed by atoms with Crippen molar-refractivity contribution in [3.63, 3.8) is 0 Å². The molecule has 1 saturated heterocycles. The highest BCUT2D eigenvalue weighted by atomic mass is 15.4. The molecule has 0 bridgehead atoms. The molecule has 8 nitrogen and oxygen atoms in total. The Kier molecular flexibility index (Phi) is 5.13. The number of hydrogen-bond acceptors (Lipinski definition) is 7. The highest BCUT2D eigenvalue weighted by molar-refractivity contribution is 5.98. The Morgan fingerprint density at radius 1 is 0.906 bits per heavy atom. The fraction of sp³-hybridized carbons (Fsp3) is 0.333. The normalized spacial score (nSPS) is 14.5. The van der Waals surface area contributed by atoms with E-state index in [1.807, 2.05) is 31.4 Å². The number of nitrogen functional groups attached to an aromatic ring is 1. The van der Waals surface area contributed by atoms with E-state index in [9.17, 15) is 0 Å². The van der Waals surface area contributed by atoms with Gasteiger partial charge in [0.15, 0.2) is 5.65 Å². The van der Waals surface area contributed by atoms with Crippen LogP contribution in [-0.2, 0) is 7.05 Å². The van der Waals surface area contributed by atoms with Gasteiger partial charge in [0.05, 0.1) is 11.1 Å². The Balaban J connectivity index is 1.49. The molecule has 1 aromatic carbocycles. The number of fused-ring (bicyclic) bond motifs is 1. The maximum atomic E-state index is 6.36. The molecule has 3 aromatic heterocycles. The monoisotopic (exact) mass is 428 g/mol. The molecule has 0 spiro atoms. The molecule has 5 rings (SSSR count). The molecule has 1 fully saturated rings. The van der Waals surface area contributed by atoms with Gasteiger partial charge in [-0.1, -0.05) is 44.2 Å². The molecule has 32 heavy (non-hydrogen) atoms. The van der Waals surface area contributed by atoms with Crippen LogP contribution in [-0.4, -0.2) is 50.9 Å². The molecule has 0 aliphatic carbocycles. The maximum absolute atomic E-state index is 6.36. The van der Waals surface area contributed by atoms with E-state index in [1.165, 1.54) is 5.56 Å². The quantitative estimate of drug-likeness (QED) is 0.532. The minimum Gasteiger partial charge on any atom is -0.383 e. The second kappa shape index (κ2) is 8.11. The zero-order valence-electron chi connectivity index (χ0n) is 18.7. The second-order valence-electron chi connectivity index (χ2n) is 8.52. The third-order valence-corrected chi connectivity index (χ3v) is 6.11. The van der Waals surface area contributed by atoms with E-state index >= 15 is 0 Å². The summed E-state index contributed by atoms with van der Waals surface area (Å²) < 4.78 is 1.67. The first-order chi connectivity index (χ1) is 15.5. The van der Waals surface area contributed by atoms with Gasteiger partial charge >= 0.3 is 0 Å². The van der Waals surface area contributed by atoms with E-state index in [-0.39, 0.29) is 0 Å². The van der Waals surface area contributed by atoms with Crippen LogP contribution in [0.25, 0.3) is 22.3 Å². The van der Waals surface area contributed by atoms with Gasteiger partial charge in [-0.3, -0.25) is 4.68 Å². The summed E-state index contributed by atoms with van der Waals surface area (Å²) in [5.41, 5.74) is 10.1. The number of nitrogens with zero attached hydrogens (tertiary/aromatic N) is 7. The fourth-order valence-corrected chi connectivity index (χ4v) is 4.16. The highest BCUT2D eigenvalue weighted by Gasteiger charge is 2.23. The van der Waals surface area contributed by atoms with Crippen molar-refractivity contribution in [3.05, 3.63) is 54.2 Å². The van der Waals surface area contributed by atoms with Crippen LogP contribution < -0.4 is 15.5 Å². The Morgan fingerprint density at radius 3 is 2.28 bits per heavy atom. The lowest BCUT2D eigenvalue weighted by Gasteiger charge is -2.35. The molecule has 4 aromatic rings. The molecular weight excluding hydrogens is 400 g/mol. The Hall–Kier alpha value is -3.68. The molecule has 1 aliphatic rings. The van der Waals surface area contributed by atoms with E-state index < -0.39 is 0 Å². The second-order valence-corrected chi connectivity index (χ2v) is 8.52. The minimum absolute atomic E-state index is 0.476. The lowest BCUT2D eigenvalue weighted by molar-refractivity contribution is 0.635. The zero-order valence-corrected chi connectivity index (χ0v) is 18.7. The number of pyridine rings is 1. The summed E-state index contributed by atoms with van der Waals surface area (Å²) >= 11 is 0. The SMILES string of the molecule is CC(C)c1ccc(-c2nc(N3CCN(c4ccccn4)CC3)nc3nn(C)c(N)c23)cc1. The summed E-state index contributed by atoms with van der Waals surface area (Å²) in [7, 11) is 1.84. The third kappa shape index (κ3) is 3.62. The number of nitrogens with two attached hydrogens (primary N) is 1. The number of benzene rings is 1. The number of anilines is 3. The van der Waals surface area contributed by atoms with Crippen molar-refractivity contribution in [1.82, 2.24) is 24.7 Å². The Bertz CT molecular complexity index is 1220. The molecule has 2 N–H and O–H groups in total. The molecule has 0 unspecified atom stereocenters. The number of aromatic nitrogens is 5. The van der Waals surface area contributed by atoms with Gasteiger partial charge in [-0.2, -0.15) is 10.1 Å². The van der Waals surface area contributed by atoms with Crippen molar-refractivity contribution in [1.29, 1.82) is 0 Å². The molecule has 0 saturated carbocycles. The number of piperazine rings is 1. The fourth-order valence-electron chi connectivity index (χ4n) is 4.16. The Morgan fingerprint density at radius 2 is 1.62 bits per heavy atom. The van der Waals surface area contributed by atoms with Crippen LogP contribution in [0, 0.1) is 0 Å². The molecule has 0 radical (unpaired) electrons. The van der Waals surface area contributed by atoms with Crippen molar-refractivity contribution >= 4 is 28.6 Å². The van der Waals surface area contributed by atoms with Crippen LogP contribution in [0.4, 0.5) is 17.6 Å². The largest absolute Gasteiger partial charge is 0.383 e. The predicted octanol–water partition coefficient (Wildman–Crippen LogP) is 3.46. The summed E-state index contributed by atoms with van der Waals surface area (Å²) in [6, 6.07) is 14.6. The zero-order chi connectivity index (χ0) is 22.2. The van der Waals surface area contributed by atoms with Crippen molar-refractivity contribution in [3.8, 4) is 11.3 Å². The highest BCUT2D eigenvalue weighted by Crippen LogP contribution is 2.32. The molecule has 1 aliphatic heterocycles. The van der Waals surface area contributed by atoms with Gasteiger partial charge in [0, 0.05) is 45.0 Å². The predicted molar refractivity (Wildman–Crippen MR) is 129 cm³/mol. The van der Waals surface area contributed by atoms with Crippen LogP contribution in [0.5, 0.6) is 0 Å². The van der Waals surface area contributed by atoms with E-state index in [1.54, 1.807) is 4.68 Å². The first kappa shape index (κ1) is 20.2. The van der Waals surface area contributed by atoms with E-state index in [4.69, 9.17) is 15.7 Å². The molecule has 164 valence electrons. The third-order valence-electron chi connectivity index (χ3n) is 6.11. The summed E-state index contributed by atoms with van der Waals surface area (Å²) in [5.74, 6) is 2.75. The van der Waals surface area contributed by atoms with Gasteiger partial charge in [0.1, 0.15) is 11.6 Å². The average Bonchev–Trinajstić information content (AvgIpc) is 3.12. The van der Waals surface area contributed by atoms with Crippen molar-refractivity contribution in [2.75, 3.05) is 41.7 Å². The lowest BCUT2D eigenvalue weighted by Crippen LogP contribution is -2.47. The summed E-state index contributed by atoms with van der Waals surface area (Å²) in [6.07, 6.45) is 1.83. The van der Waals surface area contributed by atoms with Crippen LogP contribution in [0.3, 0.4) is 0 Å². The smallest absolute Gasteiger partial charge is 0.228 e. The van der Waals surface area contributed by atoms with Crippen LogP contribution in [0.2, 0.25) is 0 Å². The summed E-state index contributed by atoms with van der Waals surface area (Å²) in [4.78, 5) is 18.8. The lowest BCUT2D eigenvalue weighted by atomic mass is 10.00. The molecule has 0 atom stereocenters. The van der Waals surface area contributed by atoms with Gasteiger partial charge in [-0.15, -0.1) is 0 Å². The number of hydrogen-bond donors (Lipinski definition) is 1. The van der Waals surface area contributed by atoms with Gasteiger partial charge in [0.25, 0.3) is 0 Å². The Labute approximate surface area is 187 Å². The van der Waals surface area contributed by atoms with E-state index in [2.05, 4.69) is 58.0 Å². The van der Waals surface area contributed by atoms with Gasteiger partial charge in [-0.05, 0) is 23.6 Å². The molecule has 0 amide bonds. The van der Waals surface area contributed by atoms with Gasteiger partial charge < -0.3 is 15.5 Å². The van der Waals surface area contributed by atoms with E-state index in [0.717, 1.165) is 48.6 Å². The first-order valence-corrected chi connectivity index (χ1v) is 11.0. The van der Waals surface area contributed by atoms with Crippen molar-refractivity contribution in [2.24, 2.45) is 7.05 Å². The number of aryl methyl sites for hydroxylation is 1. The van der Waals surface area contributed by atoms with Crippen LogP contribution in [0.1, 0.15) is 25.3 Å². The topological polar surface area (TPSA) is 89.0 Å². The van der Waals surface area contributed by atoms with Crippen molar-refractivity contribution < 1.29 is 0 Å². The summed E-state index contributed by atoms with van der Waals surface area (Å²) in [5, 5.41) is 5.36. The number of rotatable bonds is 4. The minimum atomic E-state index is 0.476. The average molecular weight is 429 g/mol.